The van der Waals surface area contributed by atoms with Crippen molar-refractivity contribution >= 4 is 29.2 Å². The Bertz CT molecular complexity index is 770. The van der Waals surface area contributed by atoms with E-state index in [0.717, 1.165) is 11.3 Å². The van der Waals surface area contributed by atoms with Gasteiger partial charge in [0.1, 0.15) is 5.82 Å². The van der Waals surface area contributed by atoms with E-state index in [0.29, 0.717) is 33.5 Å². The maximum atomic E-state index is 5.85. The summed E-state index contributed by atoms with van der Waals surface area (Å²) in [6.45, 7) is 1.87. The molecule has 0 aliphatic heterocycles. The van der Waals surface area contributed by atoms with E-state index in [1.54, 1.807) is 18.2 Å². The van der Waals surface area contributed by atoms with E-state index < -0.39 is 0 Å². The predicted molar refractivity (Wildman–Crippen MR) is 85.5 cm³/mol. The zero-order chi connectivity index (χ0) is 15.5. The normalized spacial score (nSPS) is 10.8. The van der Waals surface area contributed by atoms with E-state index >= 15 is 0 Å². The van der Waals surface area contributed by atoms with Crippen molar-refractivity contribution in [3.05, 3.63) is 46.9 Å². The molecule has 2 N–H and O–H groups in total. The standard InChI is InChI=1S/C14H12ClN5OS/c1-8-6-11(16)18-14(17-8)22-7-12-19-20-13(21-12)9-2-4-10(15)5-3-9/h2-6H,7H2,1H3,(H2,16,17,18). The maximum absolute atomic E-state index is 5.85. The fourth-order valence-electron chi connectivity index (χ4n) is 1.78. The highest BCUT2D eigenvalue weighted by atomic mass is 35.5. The molecule has 0 unspecified atom stereocenters. The van der Waals surface area contributed by atoms with Crippen LogP contribution in [0.25, 0.3) is 11.5 Å². The zero-order valence-electron chi connectivity index (χ0n) is 11.7. The van der Waals surface area contributed by atoms with Gasteiger partial charge in [0.2, 0.25) is 11.8 Å². The number of aromatic nitrogens is 4. The van der Waals surface area contributed by atoms with Gasteiger partial charge in [-0.3, -0.25) is 0 Å². The highest BCUT2D eigenvalue weighted by Gasteiger charge is 2.10. The van der Waals surface area contributed by atoms with Gasteiger partial charge < -0.3 is 10.2 Å². The van der Waals surface area contributed by atoms with Crippen LogP contribution in [0.2, 0.25) is 5.02 Å². The van der Waals surface area contributed by atoms with Crippen molar-refractivity contribution in [3.63, 3.8) is 0 Å². The van der Waals surface area contributed by atoms with Crippen LogP contribution in [0.5, 0.6) is 0 Å². The summed E-state index contributed by atoms with van der Waals surface area (Å²) < 4.78 is 5.62. The Morgan fingerprint density at radius 3 is 2.68 bits per heavy atom. The molecule has 0 saturated carbocycles. The summed E-state index contributed by atoms with van der Waals surface area (Å²) in [6, 6.07) is 8.93. The number of benzene rings is 1. The highest BCUT2D eigenvalue weighted by molar-refractivity contribution is 7.98. The van der Waals surface area contributed by atoms with Gasteiger partial charge in [0.05, 0.1) is 5.75 Å². The second-order valence-electron chi connectivity index (χ2n) is 4.51. The monoisotopic (exact) mass is 333 g/mol. The lowest BCUT2D eigenvalue weighted by Gasteiger charge is -2.00. The Morgan fingerprint density at radius 1 is 1.18 bits per heavy atom. The lowest BCUT2D eigenvalue weighted by Crippen LogP contribution is -1.96. The van der Waals surface area contributed by atoms with Gasteiger partial charge in [-0.05, 0) is 31.2 Å². The van der Waals surface area contributed by atoms with Crippen LogP contribution in [0.15, 0.2) is 39.9 Å². The molecule has 0 aliphatic carbocycles. The van der Waals surface area contributed by atoms with Crippen LogP contribution in [-0.2, 0) is 5.75 Å². The number of aryl methyl sites for hydroxylation is 1. The molecular formula is C14H12ClN5OS. The summed E-state index contributed by atoms with van der Waals surface area (Å²) >= 11 is 7.25. The molecule has 0 bridgehead atoms. The molecule has 3 aromatic rings. The van der Waals surface area contributed by atoms with E-state index in [1.807, 2.05) is 19.1 Å². The summed E-state index contributed by atoms with van der Waals surface area (Å²) in [6.07, 6.45) is 0. The molecule has 0 spiro atoms. The SMILES string of the molecule is Cc1cc(N)nc(SCc2nnc(-c3ccc(Cl)cc3)o2)n1. The molecule has 0 fully saturated rings. The zero-order valence-corrected chi connectivity index (χ0v) is 13.2. The number of thioether (sulfide) groups is 1. The first kappa shape index (κ1) is 14.8. The van der Waals surface area contributed by atoms with Crippen molar-refractivity contribution in [2.75, 3.05) is 5.73 Å². The van der Waals surface area contributed by atoms with Crippen LogP contribution in [0.4, 0.5) is 5.82 Å². The Balaban J connectivity index is 1.70. The number of halogens is 1. The van der Waals surface area contributed by atoms with Crippen LogP contribution in [0.3, 0.4) is 0 Å². The van der Waals surface area contributed by atoms with Crippen molar-refractivity contribution in [2.45, 2.75) is 17.8 Å². The molecule has 0 aliphatic rings. The molecule has 0 radical (unpaired) electrons. The molecule has 2 heterocycles. The Kier molecular flexibility index (Phi) is 4.26. The number of nitrogen functional groups attached to an aromatic ring is 1. The fraction of sp³-hybridized carbons (Fsp3) is 0.143. The smallest absolute Gasteiger partial charge is 0.247 e. The average Bonchev–Trinajstić information content (AvgIpc) is 2.94. The third kappa shape index (κ3) is 3.55. The summed E-state index contributed by atoms with van der Waals surface area (Å²) in [7, 11) is 0. The highest BCUT2D eigenvalue weighted by Crippen LogP contribution is 2.24. The van der Waals surface area contributed by atoms with Crippen molar-refractivity contribution in [2.24, 2.45) is 0 Å². The molecule has 6 nitrogen and oxygen atoms in total. The summed E-state index contributed by atoms with van der Waals surface area (Å²) in [5, 5.41) is 9.29. The molecule has 0 saturated heterocycles. The average molecular weight is 334 g/mol. The van der Waals surface area contributed by atoms with Gasteiger partial charge in [0, 0.05) is 22.3 Å². The number of nitrogens with two attached hydrogens (primary N) is 1. The van der Waals surface area contributed by atoms with Crippen molar-refractivity contribution < 1.29 is 4.42 Å². The van der Waals surface area contributed by atoms with Gasteiger partial charge >= 0.3 is 0 Å². The van der Waals surface area contributed by atoms with Crippen LogP contribution in [-0.4, -0.2) is 20.2 Å². The molecule has 22 heavy (non-hydrogen) atoms. The third-order valence-corrected chi connectivity index (χ3v) is 3.82. The third-order valence-electron chi connectivity index (χ3n) is 2.74. The van der Waals surface area contributed by atoms with Crippen LogP contribution >= 0.6 is 23.4 Å². The van der Waals surface area contributed by atoms with E-state index in [-0.39, 0.29) is 0 Å². The number of anilines is 1. The molecule has 0 amide bonds. The fourth-order valence-corrected chi connectivity index (χ4v) is 2.65. The minimum atomic E-state index is 0.447. The van der Waals surface area contributed by atoms with Crippen molar-refractivity contribution in [1.82, 2.24) is 20.2 Å². The molecule has 1 aromatic carbocycles. The minimum Gasteiger partial charge on any atom is -0.420 e. The molecule has 3 rings (SSSR count). The van der Waals surface area contributed by atoms with E-state index in [1.165, 1.54) is 11.8 Å². The molecule has 0 atom stereocenters. The van der Waals surface area contributed by atoms with E-state index in [2.05, 4.69) is 20.2 Å². The summed E-state index contributed by atoms with van der Waals surface area (Å²) in [5.41, 5.74) is 7.34. The van der Waals surface area contributed by atoms with Crippen LogP contribution in [0.1, 0.15) is 11.6 Å². The van der Waals surface area contributed by atoms with Crippen LogP contribution < -0.4 is 5.73 Å². The van der Waals surface area contributed by atoms with E-state index in [9.17, 15) is 0 Å². The summed E-state index contributed by atoms with van der Waals surface area (Å²) in [4.78, 5) is 8.44. The number of hydrogen-bond donors (Lipinski definition) is 1. The maximum Gasteiger partial charge on any atom is 0.247 e. The molecule has 8 heteroatoms. The number of nitrogens with zero attached hydrogens (tertiary/aromatic N) is 4. The van der Waals surface area contributed by atoms with Gasteiger partial charge in [-0.25, -0.2) is 9.97 Å². The van der Waals surface area contributed by atoms with Crippen molar-refractivity contribution in [3.8, 4) is 11.5 Å². The number of rotatable bonds is 4. The lowest BCUT2D eigenvalue weighted by atomic mass is 10.2. The minimum absolute atomic E-state index is 0.447. The van der Waals surface area contributed by atoms with Crippen molar-refractivity contribution in [1.29, 1.82) is 0 Å². The first-order valence-electron chi connectivity index (χ1n) is 6.42. The Morgan fingerprint density at radius 2 is 1.95 bits per heavy atom. The van der Waals surface area contributed by atoms with E-state index in [4.69, 9.17) is 21.8 Å². The Labute approximate surface area is 136 Å². The van der Waals surface area contributed by atoms with Gasteiger partial charge in [0.25, 0.3) is 0 Å². The predicted octanol–water partition coefficient (Wildman–Crippen LogP) is 3.36. The first-order chi connectivity index (χ1) is 10.6. The van der Waals surface area contributed by atoms with Crippen LogP contribution in [0, 0.1) is 6.92 Å². The second kappa shape index (κ2) is 6.33. The second-order valence-corrected chi connectivity index (χ2v) is 5.89. The quantitative estimate of drug-likeness (QED) is 0.578. The largest absolute Gasteiger partial charge is 0.420 e. The molecular weight excluding hydrogens is 322 g/mol. The van der Waals surface area contributed by atoms with Gasteiger partial charge in [-0.2, -0.15) is 0 Å². The lowest BCUT2D eigenvalue weighted by molar-refractivity contribution is 0.528. The summed E-state index contributed by atoms with van der Waals surface area (Å²) in [5.74, 6) is 1.88. The topological polar surface area (TPSA) is 90.7 Å². The molecule has 2 aromatic heterocycles. The first-order valence-corrected chi connectivity index (χ1v) is 7.79. The van der Waals surface area contributed by atoms with Gasteiger partial charge in [0.15, 0.2) is 5.16 Å². The molecule has 112 valence electrons. The Hall–Kier alpha value is -2.12. The van der Waals surface area contributed by atoms with Gasteiger partial charge in [-0.15, -0.1) is 10.2 Å². The van der Waals surface area contributed by atoms with Gasteiger partial charge in [-0.1, -0.05) is 23.4 Å². The number of hydrogen-bond acceptors (Lipinski definition) is 7.